The van der Waals surface area contributed by atoms with Crippen molar-refractivity contribution in [3.63, 3.8) is 0 Å². The molecule has 6 heteroatoms. The molecule has 138 valence electrons. The molecule has 0 radical (unpaired) electrons. The maximum atomic E-state index is 13.3. The normalized spacial score (nSPS) is 16.2. The van der Waals surface area contributed by atoms with E-state index in [2.05, 4.69) is 10.2 Å². The molecule has 1 fully saturated rings. The molecule has 0 bridgehead atoms. The van der Waals surface area contributed by atoms with Crippen LogP contribution in [0.3, 0.4) is 0 Å². The number of phenolic OH excluding ortho intramolecular Hbond substituents is 1. The molecule has 0 aromatic heterocycles. The van der Waals surface area contributed by atoms with Gasteiger partial charge in [-0.3, -0.25) is 9.69 Å². The predicted octanol–water partition coefficient (Wildman–Crippen LogP) is 2.26. The van der Waals surface area contributed by atoms with Gasteiger partial charge >= 0.3 is 0 Å². The number of phenols is 1. The van der Waals surface area contributed by atoms with Crippen LogP contribution >= 0.6 is 0 Å². The van der Waals surface area contributed by atoms with E-state index in [0.717, 1.165) is 24.2 Å². The Bertz CT molecular complexity index is 713. The molecule has 1 heterocycles. The van der Waals surface area contributed by atoms with Gasteiger partial charge in [0.05, 0.1) is 25.7 Å². The van der Waals surface area contributed by atoms with E-state index < -0.39 is 0 Å². The van der Waals surface area contributed by atoms with Crippen molar-refractivity contribution in [2.24, 2.45) is 0 Å². The number of nitrogens with one attached hydrogen (secondary N) is 1. The minimum Gasteiger partial charge on any atom is -0.508 e. The fourth-order valence-electron chi connectivity index (χ4n) is 3.10. The van der Waals surface area contributed by atoms with Gasteiger partial charge in [-0.05, 0) is 35.4 Å². The first-order chi connectivity index (χ1) is 12.6. The molecular weight excluding hydrogens is 335 g/mol. The summed E-state index contributed by atoms with van der Waals surface area (Å²) in [5.41, 5.74) is 1.81. The van der Waals surface area contributed by atoms with Crippen LogP contribution in [0.1, 0.15) is 17.2 Å². The third-order valence-electron chi connectivity index (χ3n) is 4.53. The van der Waals surface area contributed by atoms with Crippen molar-refractivity contribution in [3.05, 3.63) is 65.5 Å². The number of carbonyl (C=O) groups excluding carboxylic acids is 1. The van der Waals surface area contributed by atoms with Crippen LogP contribution in [-0.2, 0) is 16.0 Å². The summed E-state index contributed by atoms with van der Waals surface area (Å²) in [6.07, 6.45) is 0.250. The van der Waals surface area contributed by atoms with Gasteiger partial charge in [-0.25, -0.2) is 4.39 Å². The Morgan fingerprint density at radius 3 is 2.42 bits per heavy atom. The first kappa shape index (κ1) is 18.4. The van der Waals surface area contributed by atoms with E-state index in [0.29, 0.717) is 19.8 Å². The Kier molecular flexibility index (Phi) is 6.20. The van der Waals surface area contributed by atoms with Gasteiger partial charge in [0, 0.05) is 19.6 Å². The lowest BCUT2D eigenvalue weighted by Gasteiger charge is -2.35. The van der Waals surface area contributed by atoms with Crippen molar-refractivity contribution in [1.29, 1.82) is 0 Å². The van der Waals surface area contributed by atoms with Crippen molar-refractivity contribution >= 4 is 5.91 Å². The summed E-state index contributed by atoms with van der Waals surface area (Å²) < 4.78 is 18.7. The molecule has 1 saturated heterocycles. The van der Waals surface area contributed by atoms with E-state index in [-0.39, 0.29) is 29.9 Å². The van der Waals surface area contributed by atoms with Crippen LogP contribution in [0, 0.1) is 5.82 Å². The topological polar surface area (TPSA) is 61.8 Å². The van der Waals surface area contributed by atoms with E-state index in [1.165, 1.54) is 12.1 Å². The third-order valence-corrected chi connectivity index (χ3v) is 4.53. The highest BCUT2D eigenvalue weighted by atomic mass is 19.1. The molecule has 0 aliphatic carbocycles. The van der Waals surface area contributed by atoms with Crippen molar-refractivity contribution in [2.45, 2.75) is 12.5 Å². The van der Waals surface area contributed by atoms with Crippen LogP contribution in [-0.4, -0.2) is 48.8 Å². The van der Waals surface area contributed by atoms with E-state index >= 15 is 0 Å². The number of hydrogen-bond acceptors (Lipinski definition) is 4. The molecule has 2 aromatic rings. The molecule has 1 aliphatic heterocycles. The molecular formula is C20H23FN2O3. The average molecular weight is 358 g/mol. The van der Waals surface area contributed by atoms with Gasteiger partial charge < -0.3 is 15.2 Å². The van der Waals surface area contributed by atoms with Gasteiger partial charge in [0.2, 0.25) is 5.91 Å². The second-order valence-corrected chi connectivity index (χ2v) is 6.36. The summed E-state index contributed by atoms with van der Waals surface area (Å²) in [5, 5.41) is 12.3. The van der Waals surface area contributed by atoms with Gasteiger partial charge in [0.15, 0.2) is 0 Å². The lowest BCUT2D eigenvalue weighted by atomic mass is 10.0. The minimum atomic E-state index is -0.272. The zero-order chi connectivity index (χ0) is 18.4. The lowest BCUT2D eigenvalue weighted by Crippen LogP contribution is -2.44. The van der Waals surface area contributed by atoms with Gasteiger partial charge in [-0.2, -0.15) is 0 Å². The minimum absolute atomic E-state index is 0.0248. The Morgan fingerprint density at radius 1 is 1.12 bits per heavy atom. The summed E-state index contributed by atoms with van der Waals surface area (Å²) in [4.78, 5) is 14.5. The van der Waals surface area contributed by atoms with E-state index in [9.17, 15) is 14.3 Å². The SMILES string of the molecule is O=C(Cc1ccc(O)cc1)NCC(c1ccc(F)cc1)N1CCOCC1. The molecule has 2 N–H and O–H groups in total. The Balaban J connectivity index is 1.64. The second-order valence-electron chi connectivity index (χ2n) is 6.36. The fourth-order valence-corrected chi connectivity index (χ4v) is 3.10. The largest absolute Gasteiger partial charge is 0.508 e. The Morgan fingerprint density at radius 2 is 1.77 bits per heavy atom. The van der Waals surface area contributed by atoms with Crippen LogP contribution < -0.4 is 5.32 Å². The number of ether oxygens (including phenoxy) is 1. The number of rotatable bonds is 6. The standard InChI is InChI=1S/C20H23FN2O3/c21-17-5-3-16(4-6-17)19(23-9-11-26-12-10-23)14-22-20(25)13-15-1-7-18(24)8-2-15/h1-8,19,24H,9-14H2,(H,22,25). The highest BCUT2D eigenvalue weighted by Crippen LogP contribution is 2.21. The number of benzene rings is 2. The summed E-state index contributed by atoms with van der Waals surface area (Å²) in [7, 11) is 0. The Hall–Kier alpha value is -2.44. The summed E-state index contributed by atoms with van der Waals surface area (Å²) in [5.74, 6) is -0.181. The van der Waals surface area contributed by atoms with E-state index in [1.807, 2.05) is 0 Å². The average Bonchev–Trinajstić information content (AvgIpc) is 2.66. The maximum absolute atomic E-state index is 13.3. The molecule has 1 amide bonds. The fraction of sp³-hybridized carbons (Fsp3) is 0.350. The zero-order valence-corrected chi connectivity index (χ0v) is 14.5. The molecule has 5 nitrogen and oxygen atoms in total. The number of aromatic hydroxyl groups is 1. The van der Waals surface area contributed by atoms with Crippen LogP contribution in [0.2, 0.25) is 0 Å². The molecule has 1 unspecified atom stereocenters. The summed E-state index contributed by atoms with van der Waals surface area (Å²) >= 11 is 0. The van der Waals surface area contributed by atoms with Crippen molar-refractivity contribution in [1.82, 2.24) is 10.2 Å². The number of hydrogen-bond donors (Lipinski definition) is 2. The quantitative estimate of drug-likeness (QED) is 0.832. The molecule has 3 rings (SSSR count). The monoisotopic (exact) mass is 358 g/mol. The van der Waals surface area contributed by atoms with E-state index in [1.54, 1.807) is 36.4 Å². The number of nitrogens with zero attached hydrogens (tertiary/aromatic N) is 1. The Labute approximate surface area is 152 Å². The van der Waals surface area contributed by atoms with Gasteiger partial charge in [-0.1, -0.05) is 24.3 Å². The first-order valence-corrected chi connectivity index (χ1v) is 8.74. The van der Waals surface area contributed by atoms with Gasteiger partial charge in [0.25, 0.3) is 0 Å². The molecule has 1 aliphatic rings. The molecule has 26 heavy (non-hydrogen) atoms. The molecule has 2 aromatic carbocycles. The van der Waals surface area contributed by atoms with Crippen LogP contribution in [0.5, 0.6) is 5.75 Å². The highest BCUT2D eigenvalue weighted by molar-refractivity contribution is 5.78. The summed E-state index contributed by atoms with van der Waals surface area (Å²) in [6.45, 7) is 3.30. The smallest absolute Gasteiger partial charge is 0.224 e. The highest BCUT2D eigenvalue weighted by Gasteiger charge is 2.23. The van der Waals surface area contributed by atoms with Gasteiger partial charge in [0.1, 0.15) is 11.6 Å². The maximum Gasteiger partial charge on any atom is 0.224 e. The summed E-state index contributed by atoms with van der Waals surface area (Å²) in [6, 6.07) is 13.0. The predicted molar refractivity (Wildman–Crippen MR) is 96.4 cm³/mol. The van der Waals surface area contributed by atoms with Gasteiger partial charge in [-0.15, -0.1) is 0 Å². The molecule has 0 saturated carbocycles. The number of halogens is 1. The van der Waals surface area contributed by atoms with Crippen molar-refractivity contribution in [3.8, 4) is 5.75 Å². The van der Waals surface area contributed by atoms with Crippen molar-refractivity contribution in [2.75, 3.05) is 32.8 Å². The third kappa shape index (κ3) is 5.03. The first-order valence-electron chi connectivity index (χ1n) is 8.74. The number of amides is 1. The second kappa shape index (κ2) is 8.78. The molecule has 1 atom stereocenters. The zero-order valence-electron chi connectivity index (χ0n) is 14.5. The van der Waals surface area contributed by atoms with Crippen LogP contribution in [0.4, 0.5) is 4.39 Å². The van der Waals surface area contributed by atoms with Crippen LogP contribution in [0.25, 0.3) is 0 Å². The molecule has 0 spiro atoms. The van der Waals surface area contributed by atoms with E-state index in [4.69, 9.17) is 4.74 Å². The van der Waals surface area contributed by atoms with Crippen LogP contribution in [0.15, 0.2) is 48.5 Å². The lowest BCUT2D eigenvalue weighted by molar-refractivity contribution is -0.120. The van der Waals surface area contributed by atoms with Crippen molar-refractivity contribution < 1.29 is 19.0 Å². The number of carbonyl (C=O) groups is 1. The number of morpholine rings is 1.